The lowest BCUT2D eigenvalue weighted by atomic mass is 9.87. The second kappa shape index (κ2) is 12.5. The number of hydrogen-bond acceptors (Lipinski definition) is 7. The highest BCUT2D eigenvalue weighted by Gasteiger charge is 2.40. The molecular weight excluding hydrogens is 292 g/mol. The summed E-state index contributed by atoms with van der Waals surface area (Å²) in [6.07, 6.45) is 1.18. The standard InChI is InChI=1S/C14H28N2O6/c1-20-8-9-22-11-10-21-7-4-12(17)14(16,13(18)19)5-2-3-6-15/h2-11,15-16H2,1H3,(H,18,19)/t14-/m1/s1. The molecule has 0 fully saturated rings. The summed E-state index contributed by atoms with van der Waals surface area (Å²) in [5, 5.41) is 9.18. The molecule has 0 spiro atoms. The number of methoxy groups -OCH3 is 1. The highest BCUT2D eigenvalue weighted by atomic mass is 16.5. The van der Waals surface area contributed by atoms with Gasteiger partial charge in [-0.15, -0.1) is 0 Å². The van der Waals surface area contributed by atoms with Gasteiger partial charge in [0.05, 0.1) is 33.0 Å². The minimum atomic E-state index is -1.85. The Bertz CT molecular complexity index is 326. The molecule has 0 amide bonds. The normalized spacial score (nSPS) is 13.8. The molecule has 22 heavy (non-hydrogen) atoms. The molecule has 0 unspecified atom stereocenters. The smallest absolute Gasteiger partial charge is 0.331 e. The first-order chi connectivity index (χ1) is 10.5. The molecule has 130 valence electrons. The minimum absolute atomic E-state index is 0.0382. The van der Waals surface area contributed by atoms with Crippen molar-refractivity contribution in [3.8, 4) is 0 Å². The van der Waals surface area contributed by atoms with Crippen molar-refractivity contribution in [2.24, 2.45) is 11.5 Å². The lowest BCUT2D eigenvalue weighted by Gasteiger charge is -2.23. The van der Waals surface area contributed by atoms with E-state index in [-0.39, 0.29) is 19.4 Å². The quantitative estimate of drug-likeness (QED) is 0.272. The Morgan fingerprint density at radius 1 is 1.05 bits per heavy atom. The highest BCUT2D eigenvalue weighted by molar-refractivity contribution is 6.07. The van der Waals surface area contributed by atoms with Gasteiger partial charge in [0.2, 0.25) is 0 Å². The number of nitrogens with two attached hydrogens (primary N) is 2. The van der Waals surface area contributed by atoms with Crippen LogP contribution in [0, 0.1) is 0 Å². The lowest BCUT2D eigenvalue weighted by Crippen LogP contribution is -2.55. The van der Waals surface area contributed by atoms with Crippen molar-refractivity contribution in [3.05, 3.63) is 0 Å². The molecule has 0 saturated heterocycles. The van der Waals surface area contributed by atoms with Crippen molar-refractivity contribution < 1.29 is 28.9 Å². The number of rotatable bonds is 15. The van der Waals surface area contributed by atoms with E-state index in [1.54, 1.807) is 7.11 Å². The number of hydrogen-bond donors (Lipinski definition) is 3. The van der Waals surface area contributed by atoms with Gasteiger partial charge in [-0.3, -0.25) is 4.79 Å². The first-order valence-electron chi connectivity index (χ1n) is 7.39. The van der Waals surface area contributed by atoms with Crippen molar-refractivity contribution in [1.82, 2.24) is 0 Å². The zero-order valence-electron chi connectivity index (χ0n) is 13.2. The average Bonchev–Trinajstić information content (AvgIpc) is 2.49. The molecule has 0 bridgehead atoms. The molecule has 0 aromatic heterocycles. The molecule has 0 heterocycles. The SMILES string of the molecule is COCCOCCOCCC(=O)[C@](N)(CCCCN)C(=O)O. The maximum absolute atomic E-state index is 12.0. The molecule has 8 heteroatoms. The molecule has 0 aliphatic rings. The summed E-state index contributed by atoms with van der Waals surface area (Å²) < 4.78 is 15.2. The fourth-order valence-corrected chi connectivity index (χ4v) is 1.77. The Hall–Kier alpha value is -1.06. The largest absolute Gasteiger partial charge is 0.480 e. The molecule has 0 rings (SSSR count). The van der Waals surface area contributed by atoms with Crippen LogP contribution in [0.4, 0.5) is 0 Å². The van der Waals surface area contributed by atoms with Gasteiger partial charge in [-0.2, -0.15) is 0 Å². The molecule has 0 aromatic rings. The van der Waals surface area contributed by atoms with E-state index in [0.717, 1.165) is 0 Å². The van der Waals surface area contributed by atoms with Gasteiger partial charge >= 0.3 is 5.97 Å². The van der Waals surface area contributed by atoms with E-state index in [1.807, 2.05) is 0 Å². The number of carbonyl (C=O) groups excluding carboxylic acids is 1. The van der Waals surface area contributed by atoms with E-state index in [0.29, 0.717) is 45.8 Å². The van der Waals surface area contributed by atoms with E-state index >= 15 is 0 Å². The highest BCUT2D eigenvalue weighted by Crippen LogP contribution is 2.15. The number of unbranched alkanes of at least 4 members (excludes halogenated alkanes) is 1. The van der Waals surface area contributed by atoms with Crippen LogP contribution in [-0.2, 0) is 23.8 Å². The van der Waals surface area contributed by atoms with Crippen LogP contribution in [0.25, 0.3) is 0 Å². The molecule has 1 atom stereocenters. The monoisotopic (exact) mass is 320 g/mol. The Morgan fingerprint density at radius 2 is 1.64 bits per heavy atom. The number of carbonyl (C=O) groups is 2. The van der Waals surface area contributed by atoms with E-state index in [4.69, 9.17) is 25.7 Å². The zero-order chi connectivity index (χ0) is 16.8. The van der Waals surface area contributed by atoms with Crippen LogP contribution < -0.4 is 11.5 Å². The number of ketones is 1. The molecule has 0 aliphatic carbocycles. The molecule has 5 N–H and O–H groups in total. The third-order valence-electron chi connectivity index (χ3n) is 3.18. The number of aliphatic carboxylic acids is 1. The predicted octanol–water partition coefficient (Wildman–Crippen LogP) is -0.464. The van der Waals surface area contributed by atoms with Gasteiger partial charge in [-0.05, 0) is 25.8 Å². The third-order valence-corrected chi connectivity index (χ3v) is 3.18. The van der Waals surface area contributed by atoms with Gasteiger partial charge in [-0.1, -0.05) is 0 Å². The van der Waals surface area contributed by atoms with E-state index < -0.39 is 17.3 Å². The Morgan fingerprint density at radius 3 is 2.18 bits per heavy atom. The summed E-state index contributed by atoms with van der Waals surface area (Å²) in [7, 11) is 1.58. The molecule has 0 aromatic carbocycles. The van der Waals surface area contributed by atoms with Crippen LogP contribution in [0.15, 0.2) is 0 Å². The first-order valence-corrected chi connectivity index (χ1v) is 7.39. The van der Waals surface area contributed by atoms with Crippen molar-refractivity contribution in [3.63, 3.8) is 0 Å². The Kier molecular flexibility index (Phi) is 11.9. The molecule has 0 aliphatic heterocycles. The topological polar surface area (TPSA) is 134 Å². The fourth-order valence-electron chi connectivity index (χ4n) is 1.77. The molecule has 0 radical (unpaired) electrons. The van der Waals surface area contributed by atoms with Crippen molar-refractivity contribution in [1.29, 1.82) is 0 Å². The van der Waals surface area contributed by atoms with Gasteiger partial charge < -0.3 is 30.8 Å². The molecular formula is C14H28N2O6. The van der Waals surface area contributed by atoms with Gasteiger partial charge in [-0.25, -0.2) is 4.79 Å². The van der Waals surface area contributed by atoms with E-state index in [9.17, 15) is 14.7 Å². The van der Waals surface area contributed by atoms with Crippen LogP contribution in [0.5, 0.6) is 0 Å². The second-order valence-corrected chi connectivity index (χ2v) is 4.91. The number of ether oxygens (including phenoxy) is 3. The van der Waals surface area contributed by atoms with Crippen LogP contribution >= 0.6 is 0 Å². The second-order valence-electron chi connectivity index (χ2n) is 4.91. The van der Waals surface area contributed by atoms with Crippen molar-refractivity contribution in [2.75, 3.05) is 46.7 Å². The van der Waals surface area contributed by atoms with Gasteiger partial charge in [0, 0.05) is 13.5 Å². The van der Waals surface area contributed by atoms with Crippen molar-refractivity contribution >= 4 is 11.8 Å². The number of Topliss-reactive ketones (excluding diaryl/α,β-unsaturated/α-hetero) is 1. The summed E-state index contributed by atoms with van der Waals surface area (Å²) in [5.74, 6) is -1.84. The summed E-state index contributed by atoms with van der Waals surface area (Å²) in [6, 6.07) is 0. The summed E-state index contributed by atoms with van der Waals surface area (Å²) in [6.45, 7) is 2.27. The molecule has 8 nitrogen and oxygen atoms in total. The number of carboxylic acid groups (broad SMARTS) is 1. The summed E-state index contributed by atoms with van der Waals surface area (Å²) >= 11 is 0. The Balaban J connectivity index is 3.96. The predicted molar refractivity (Wildman–Crippen MR) is 80.6 cm³/mol. The van der Waals surface area contributed by atoms with Crippen LogP contribution in [-0.4, -0.2) is 69.1 Å². The first kappa shape index (κ1) is 20.9. The summed E-state index contributed by atoms with van der Waals surface area (Å²) in [5.41, 5.74) is 9.24. The number of carboxylic acids is 1. The van der Waals surface area contributed by atoms with Gasteiger partial charge in [0.25, 0.3) is 0 Å². The molecule has 0 saturated carbocycles. The van der Waals surface area contributed by atoms with Gasteiger partial charge in [0.15, 0.2) is 11.3 Å². The van der Waals surface area contributed by atoms with Crippen molar-refractivity contribution in [2.45, 2.75) is 31.2 Å². The minimum Gasteiger partial charge on any atom is -0.480 e. The van der Waals surface area contributed by atoms with Gasteiger partial charge in [0.1, 0.15) is 0 Å². The van der Waals surface area contributed by atoms with Crippen LogP contribution in [0.1, 0.15) is 25.7 Å². The fraction of sp³-hybridized carbons (Fsp3) is 0.857. The third kappa shape index (κ3) is 8.40. The lowest BCUT2D eigenvalue weighted by molar-refractivity contribution is -0.149. The Labute approximate surface area is 131 Å². The van der Waals surface area contributed by atoms with E-state index in [1.165, 1.54) is 0 Å². The maximum atomic E-state index is 12.0. The van der Waals surface area contributed by atoms with Crippen LogP contribution in [0.3, 0.4) is 0 Å². The summed E-state index contributed by atoms with van der Waals surface area (Å²) in [4.78, 5) is 23.3. The van der Waals surface area contributed by atoms with E-state index in [2.05, 4.69) is 0 Å². The zero-order valence-corrected chi connectivity index (χ0v) is 13.2. The maximum Gasteiger partial charge on any atom is 0.331 e. The van der Waals surface area contributed by atoms with Crippen LogP contribution in [0.2, 0.25) is 0 Å². The average molecular weight is 320 g/mol.